The molecule has 1 aromatic rings. The molecule has 120 valence electrons. The lowest BCUT2D eigenvalue weighted by atomic mass is 10.2. The van der Waals surface area contributed by atoms with Gasteiger partial charge in [0.2, 0.25) is 11.8 Å². The van der Waals surface area contributed by atoms with Crippen molar-refractivity contribution in [2.24, 2.45) is 5.92 Å². The molecule has 2 atom stereocenters. The van der Waals surface area contributed by atoms with Crippen LogP contribution in [0.5, 0.6) is 0 Å². The van der Waals surface area contributed by atoms with Crippen LogP contribution in [0.15, 0.2) is 23.0 Å². The molecule has 22 heavy (non-hydrogen) atoms. The average molecular weight is 322 g/mol. The normalized spacial score (nSPS) is 24.5. The minimum atomic E-state index is -0.366. The molecule has 2 unspecified atom stereocenters. The number of carbonyl (C=O) groups is 2. The van der Waals surface area contributed by atoms with Gasteiger partial charge in [0.05, 0.1) is 12.5 Å². The monoisotopic (exact) mass is 322 g/mol. The molecule has 0 aromatic carbocycles. The van der Waals surface area contributed by atoms with Crippen molar-refractivity contribution >= 4 is 23.6 Å². The molecule has 0 radical (unpaired) electrons. The Morgan fingerprint density at radius 3 is 2.91 bits per heavy atom. The molecule has 1 N–H and O–H groups in total. The van der Waals surface area contributed by atoms with Crippen LogP contribution in [0.2, 0.25) is 0 Å². The van der Waals surface area contributed by atoms with Crippen LogP contribution in [0.25, 0.3) is 0 Å². The Morgan fingerprint density at radius 2 is 2.27 bits per heavy atom. The van der Waals surface area contributed by atoms with Crippen LogP contribution in [0, 0.1) is 5.92 Å². The largest absolute Gasteiger partial charge is 0.472 e. The van der Waals surface area contributed by atoms with Crippen molar-refractivity contribution in [2.75, 3.05) is 12.3 Å². The Labute approximate surface area is 134 Å². The minimum absolute atomic E-state index is 0.0269. The van der Waals surface area contributed by atoms with E-state index in [-0.39, 0.29) is 29.1 Å². The predicted molar refractivity (Wildman–Crippen MR) is 85.2 cm³/mol. The molecule has 1 aliphatic carbocycles. The zero-order valence-electron chi connectivity index (χ0n) is 12.8. The quantitative estimate of drug-likeness (QED) is 0.818. The fourth-order valence-electron chi connectivity index (χ4n) is 2.70. The molecule has 2 amide bonds. The SMILES string of the molecule is CCCCNC(=O)C1CSC(c2ccoc2)N1C(=O)C1CC1. The summed E-state index contributed by atoms with van der Waals surface area (Å²) in [6, 6.07) is 1.51. The molecule has 1 aliphatic heterocycles. The molecule has 0 spiro atoms. The molecule has 2 fully saturated rings. The van der Waals surface area contributed by atoms with Gasteiger partial charge in [-0.1, -0.05) is 13.3 Å². The van der Waals surface area contributed by atoms with Crippen LogP contribution in [0.1, 0.15) is 43.5 Å². The van der Waals surface area contributed by atoms with E-state index in [1.165, 1.54) is 0 Å². The third kappa shape index (κ3) is 3.16. The van der Waals surface area contributed by atoms with E-state index < -0.39 is 0 Å². The molecule has 1 aromatic heterocycles. The van der Waals surface area contributed by atoms with Crippen molar-refractivity contribution in [3.05, 3.63) is 24.2 Å². The van der Waals surface area contributed by atoms with Gasteiger partial charge in [-0.05, 0) is 25.3 Å². The van der Waals surface area contributed by atoms with Crippen LogP contribution in [0.4, 0.5) is 0 Å². The maximum absolute atomic E-state index is 12.7. The molecule has 1 saturated heterocycles. The highest BCUT2D eigenvalue weighted by atomic mass is 32.2. The van der Waals surface area contributed by atoms with Gasteiger partial charge in [-0.15, -0.1) is 11.8 Å². The summed E-state index contributed by atoms with van der Waals surface area (Å²) in [4.78, 5) is 26.9. The van der Waals surface area contributed by atoms with E-state index in [0.717, 1.165) is 31.2 Å². The molecular weight excluding hydrogens is 300 g/mol. The van der Waals surface area contributed by atoms with Gasteiger partial charge in [0, 0.05) is 23.8 Å². The number of unbranched alkanes of at least 4 members (excludes halogenated alkanes) is 1. The molecule has 2 heterocycles. The Balaban J connectivity index is 1.74. The van der Waals surface area contributed by atoms with Crippen molar-refractivity contribution in [3.63, 3.8) is 0 Å². The third-order valence-corrected chi connectivity index (χ3v) is 5.47. The van der Waals surface area contributed by atoms with E-state index in [4.69, 9.17) is 4.42 Å². The minimum Gasteiger partial charge on any atom is -0.472 e. The average Bonchev–Trinajstić information content (AvgIpc) is 3.05. The fraction of sp³-hybridized carbons (Fsp3) is 0.625. The summed E-state index contributed by atoms with van der Waals surface area (Å²) < 4.78 is 5.15. The lowest BCUT2D eigenvalue weighted by Crippen LogP contribution is -2.48. The highest BCUT2D eigenvalue weighted by Crippen LogP contribution is 2.45. The molecule has 2 aliphatic rings. The molecular formula is C16H22N2O3S. The van der Waals surface area contributed by atoms with Gasteiger partial charge in [0.25, 0.3) is 0 Å². The molecule has 5 nitrogen and oxygen atoms in total. The Kier molecular flexibility index (Phi) is 4.76. The summed E-state index contributed by atoms with van der Waals surface area (Å²) in [7, 11) is 0. The van der Waals surface area contributed by atoms with Crippen molar-refractivity contribution in [1.82, 2.24) is 10.2 Å². The van der Waals surface area contributed by atoms with Gasteiger partial charge < -0.3 is 14.6 Å². The van der Waals surface area contributed by atoms with Gasteiger partial charge in [-0.2, -0.15) is 0 Å². The van der Waals surface area contributed by atoms with E-state index in [1.54, 1.807) is 29.2 Å². The zero-order valence-corrected chi connectivity index (χ0v) is 13.6. The number of thioether (sulfide) groups is 1. The van der Waals surface area contributed by atoms with Crippen LogP contribution in [0.3, 0.4) is 0 Å². The lowest BCUT2D eigenvalue weighted by molar-refractivity contribution is -0.140. The maximum atomic E-state index is 12.7. The summed E-state index contributed by atoms with van der Waals surface area (Å²) in [5, 5.41) is 2.86. The van der Waals surface area contributed by atoms with Gasteiger partial charge in [0.15, 0.2) is 0 Å². The van der Waals surface area contributed by atoms with E-state index in [1.807, 2.05) is 6.07 Å². The van der Waals surface area contributed by atoms with E-state index >= 15 is 0 Å². The summed E-state index contributed by atoms with van der Waals surface area (Å²) in [6.07, 6.45) is 7.19. The van der Waals surface area contributed by atoms with Crippen LogP contribution in [-0.4, -0.2) is 35.1 Å². The molecule has 0 bridgehead atoms. The lowest BCUT2D eigenvalue weighted by Gasteiger charge is -2.28. The van der Waals surface area contributed by atoms with E-state index in [9.17, 15) is 9.59 Å². The maximum Gasteiger partial charge on any atom is 0.243 e. The molecule has 6 heteroatoms. The highest BCUT2D eigenvalue weighted by Gasteiger charge is 2.46. The molecule has 1 saturated carbocycles. The number of nitrogens with zero attached hydrogens (tertiary/aromatic N) is 1. The van der Waals surface area contributed by atoms with Gasteiger partial charge in [-0.3, -0.25) is 9.59 Å². The summed E-state index contributed by atoms with van der Waals surface area (Å²) in [5.74, 6) is 0.846. The fourth-order valence-corrected chi connectivity index (χ4v) is 4.11. The Bertz CT molecular complexity index is 528. The second kappa shape index (κ2) is 6.77. The van der Waals surface area contributed by atoms with Gasteiger partial charge >= 0.3 is 0 Å². The van der Waals surface area contributed by atoms with Crippen molar-refractivity contribution < 1.29 is 14.0 Å². The van der Waals surface area contributed by atoms with Crippen molar-refractivity contribution in [3.8, 4) is 0 Å². The summed E-state index contributed by atoms with van der Waals surface area (Å²) in [6.45, 7) is 2.77. The first kappa shape index (κ1) is 15.5. The standard InChI is InChI=1S/C16H22N2O3S/c1-2-3-7-17-14(19)13-10-22-16(12-6-8-21-9-12)18(13)15(20)11-4-5-11/h6,8-9,11,13,16H,2-5,7,10H2,1H3,(H,17,19). The topological polar surface area (TPSA) is 62.6 Å². The van der Waals surface area contributed by atoms with Crippen molar-refractivity contribution in [1.29, 1.82) is 0 Å². The van der Waals surface area contributed by atoms with E-state index in [0.29, 0.717) is 12.3 Å². The van der Waals surface area contributed by atoms with E-state index in [2.05, 4.69) is 12.2 Å². The third-order valence-electron chi connectivity index (χ3n) is 4.14. The van der Waals surface area contributed by atoms with Crippen LogP contribution >= 0.6 is 11.8 Å². The van der Waals surface area contributed by atoms with Crippen LogP contribution in [-0.2, 0) is 9.59 Å². The first-order valence-corrected chi connectivity index (χ1v) is 9.00. The Hall–Kier alpha value is -1.43. The number of carbonyl (C=O) groups excluding carboxylic acids is 2. The smallest absolute Gasteiger partial charge is 0.243 e. The van der Waals surface area contributed by atoms with Crippen LogP contribution < -0.4 is 5.32 Å². The Morgan fingerprint density at radius 1 is 1.45 bits per heavy atom. The molecule has 3 rings (SSSR count). The summed E-state index contributed by atoms with van der Waals surface area (Å²) >= 11 is 1.64. The number of nitrogens with one attached hydrogen (secondary N) is 1. The highest BCUT2D eigenvalue weighted by molar-refractivity contribution is 7.99. The first-order valence-electron chi connectivity index (χ1n) is 7.96. The summed E-state index contributed by atoms with van der Waals surface area (Å²) in [5.41, 5.74) is 0.961. The first-order chi connectivity index (χ1) is 10.7. The zero-order chi connectivity index (χ0) is 15.5. The number of amides is 2. The van der Waals surface area contributed by atoms with Gasteiger partial charge in [-0.25, -0.2) is 0 Å². The van der Waals surface area contributed by atoms with Gasteiger partial charge in [0.1, 0.15) is 11.4 Å². The predicted octanol–water partition coefficient (Wildman–Crippen LogP) is 2.55. The van der Waals surface area contributed by atoms with Crippen molar-refractivity contribution in [2.45, 2.75) is 44.0 Å². The second-order valence-corrected chi connectivity index (χ2v) is 7.04. The number of hydrogen-bond donors (Lipinski definition) is 1. The number of furan rings is 1. The second-order valence-electron chi connectivity index (χ2n) is 5.92. The number of rotatable bonds is 6. The number of hydrogen-bond acceptors (Lipinski definition) is 4.